The van der Waals surface area contributed by atoms with Gasteiger partial charge in [0.15, 0.2) is 6.17 Å². The van der Waals surface area contributed by atoms with Crippen molar-refractivity contribution in [2.24, 2.45) is 15.7 Å². The van der Waals surface area contributed by atoms with Crippen LogP contribution in [0.5, 0.6) is 0 Å². The molecule has 0 aliphatic heterocycles. The Morgan fingerprint density at radius 1 is 0.652 bits per heavy atom. The Bertz CT molecular complexity index is 2290. The standard InChI is InChI=1S/C42H34N4/c1-42(2)36-22-11-9-20-32(36)34-26-39-35(25-37(34)42)33-21-10-12-23-38(33)46(39)31-19-13-18-30(24-31)41(44-27-28-14-5-3-6-15-28)45-40(43)29-16-7-4-8-17-29/h3-27,41H,1-2H3,(H2,43,45). The fraction of sp³-hybridized carbons (Fsp3) is 0.0952. The zero-order valence-electron chi connectivity index (χ0n) is 25.9. The molecular formula is C42H34N4. The smallest absolute Gasteiger partial charge is 0.167 e. The van der Waals surface area contributed by atoms with E-state index >= 15 is 0 Å². The molecule has 4 heteroatoms. The fourth-order valence-corrected chi connectivity index (χ4v) is 6.97. The van der Waals surface area contributed by atoms with Gasteiger partial charge in [-0.2, -0.15) is 0 Å². The van der Waals surface area contributed by atoms with Gasteiger partial charge in [-0.15, -0.1) is 0 Å². The van der Waals surface area contributed by atoms with Gasteiger partial charge in [0.1, 0.15) is 5.84 Å². The van der Waals surface area contributed by atoms with Gasteiger partial charge in [0.2, 0.25) is 0 Å². The van der Waals surface area contributed by atoms with Crippen LogP contribution in [0.4, 0.5) is 0 Å². The van der Waals surface area contributed by atoms with Crippen LogP contribution >= 0.6 is 0 Å². The van der Waals surface area contributed by atoms with Gasteiger partial charge in [0, 0.05) is 39.2 Å². The largest absolute Gasteiger partial charge is 0.383 e. The maximum Gasteiger partial charge on any atom is 0.167 e. The number of aromatic nitrogens is 1. The molecule has 4 nitrogen and oxygen atoms in total. The molecule has 0 radical (unpaired) electrons. The topological polar surface area (TPSA) is 55.7 Å². The minimum Gasteiger partial charge on any atom is -0.383 e. The van der Waals surface area contributed by atoms with Crippen molar-refractivity contribution in [1.29, 1.82) is 0 Å². The molecule has 0 bridgehead atoms. The number of nitrogens with zero attached hydrogens (tertiary/aromatic N) is 3. The maximum atomic E-state index is 6.57. The monoisotopic (exact) mass is 594 g/mol. The average Bonchev–Trinajstić information content (AvgIpc) is 3.54. The average molecular weight is 595 g/mol. The van der Waals surface area contributed by atoms with E-state index in [1.54, 1.807) is 0 Å². The first kappa shape index (κ1) is 27.8. The highest BCUT2D eigenvalue weighted by molar-refractivity contribution is 6.11. The number of benzene rings is 6. The molecule has 1 atom stereocenters. The van der Waals surface area contributed by atoms with Crippen molar-refractivity contribution in [1.82, 2.24) is 4.57 Å². The lowest BCUT2D eigenvalue weighted by atomic mass is 9.82. The first-order chi connectivity index (χ1) is 22.5. The second kappa shape index (κ2) is 11.0. The molecule has 2 N–H and O–H groups in total. The van der Waals surface area contributed by atoms with Crippen molar-refractivity contribution >= 4 is 33.9 Å². The van der Waals surface area contributed by atoms with Crippen LogP contribution in [0.2, 0.25) is 0 Å². The number of para-hydroxylation sites is 1. The summed E-state index contributed by atoms with van der Waals surface area (Å²) in [6, 6.07) is 50.9. The molecule has 0 fully saturated rings. The third-order valence-electron chi connectivity index (χ3n) is 9.30. The van der Waals surface area contributed by atoms with Gasteiger partial charge in [-0.05, 0) is 58.1 Å². The van der Waals surface area contributed by atoms with Crippen molar-refractivity contribution in [3.8, 4) is 16.8 Å². The molecule has 46 heavy (non-hydrogen) atoms. The van der Waals surface area contributed by atoms with Gasteiger partial charge in [0.25, 0.3) is 0 Å². The van der Waals surface area contributed by atoms with Crippen LogP contribution < -0.4 is 5.73 Å². The molecule has 1 heterocycles. The van der Waals surface area contributed by atoms with E-state index in [4.69, 9.17) is 15.7 Å². The van der Waals surface area contributed by atoms with Crippen molar-refractivity contribution in [2.45, 2.75) is 25.4 Å². The Labute approximate surface area is 269 Å². The van der Waals surface area contributed by atoms with Crippen LogP contribution in [0.15, 0.2) is 156 Å². The number of hydrogen-bond donors (Lipinski definition) is 1. The van der Waals surface area contributed by atoms with E-state index in [0.717, 1.165) is 22.4 Å². The van der Waals surface area contributed by atoms with Crippen molar-refractivity contribution < 1.29 is 0 Å². The second-order valence-electron chi connectivity index (χ2n) is 12.5. The molecule has 7 aromatic rings. The van der Waals surface area contributed by atoms with Gasteiger partial charge in [-0.1, -0.05) is 129 Å². The van der Waals surface area contributed by atoms with Crippen LogP contribution in [0.3, 0.4) is 0 Å². The highest BCUT2D eigenvalue weighted by Crippen LogP contribution is 2.50. The van der Waals surface area contributed by atoms with Gasteiger partial charge in [0.05, 0.1) is 11.0 Å². The summed E-state index contributed by atoms with van der Waals surface area (Å²) in [5, 5.41) is 2.49. The molecule has 0 amide bonds. The normalized spacial score (nSPS) is 14.5. The molecule has 6 aromatic carbocycles. The van der Waals surface area contributed by atoms with Crippen molar-refractivity contribution in [2.75, 3.05) is 0 Å². The van der Waals surface area contributed by atoms with E-state index in [0.29, 0.717) is 5.84 Å². The van der Waals surface area contributed by atoms with E-state index in [1.807, 2.05) is 66.9 Å². The molecule has 1 aliphatic carbocycles. The summed E-state index contributed by atoms with van der Waals surface area (Å²) >= 11 is 0. The Kier molecular flexibility index (Phi) is 6.65. The van der Waals surface area contributed by atoms with E-state index in [-0.39, 0.29) is 5.41 Å². The van der Waals surface area contributed by atoms with Crippen LogP contribution in [0, 0.1) is 0 Å². The summed E-state index contributed by atoms with van der Waals surface area (Å²) in [5.74, 6) is 0.454. The van der Waals surface area contributed by atoms with Crippen LogP contribution in [-0.2, 0) is 5.41 Å². The quantitative estimate of drug-likeness (QED) is 0.151. The van der Waals surface area contributed by atoms with Crippen LogP contribution in [-0.4, -0.2) is 16.6 Å². The Morgan fingerprint density at radius 3 is 2.20 bits per heavy atom. The van der Waals surface area contributed by atoms with Gasteiger partial charge in [-0.3, -0.25) is 4.99 Å². The first-order valence-electron chi connectivity index (χ1n) is 15.7. The number of aliphatic imine (C=N–C) groups is 2. The van der Waals surface area contributed by atoms with E-state index in [1.165, 1.54) is 44.1 Å². The number of amidine groups is 1. The molecule has 0 saturated heterocycles. The molecule has 8 rings (SSSR count). The minimum atomic E-state index is -0.523. The number of nitrogens with two attached hydrogens (primary N) is 1. The molecule has 1 aromatic heterocycles. The SMILES string of the molecule is CC1(C)c2ccccc2-c2cc3c(cc21)c1ccccc1n3-c1cccc(C(N=Cc2ccccc2)N=C(N)c2ccccc2)c1. The predicted octanol–water partition coefficient (Wildman–Crippen LogP) is 9.61. The summed E-state index contributed by atoms with van der Waals surface area (Å²) in [6.45, 7) is 4.67. The number of rotatable bonds is 6. The van der Waals surface area contributed by atoms with Crippen LogP contribution in [0.25, 0.3) is 38.6 Å². The van der Waals surface area contributed by atoms with Gasteiger partial charge >= 0.3 is 0 Å². The van der Waals surface area contributed by atoms with Gasteiger partial charge in [-0.25, -0.2) is 4.99 Å². The Hall–Kier alpha value is -5.74. The maximum absolute atomic E-state index is 6.57. The Morgan fingerprint density at radius 2 is 1.37 bits per heavy atom. The summed E-state index contributed by atoms with van der Waals surface area (Å²) in [6.07, 6.45) is 1.35. The molecule has 0 saturated carbocycles. The molecule has 1 unspecified atom stereocenters. The Balaban J connectivity index is 1.31. The fourth-order valence-electron chi connectivity index (χ4n) is 6.97. The van der Waals surface area contributed by atoms with E-state index < -0.39 is 6.17 Å². The molecule has 222 valence electrons. The lowest BCUT2D eigenvalue weighted by molar-refractivity contribution is 0.661. The van der Waals surface area contributed by atoms with Crippen LogP contribution in [0.1, 0.15) is 47.8 Å². The van der Waals surface area contributed by atoms with Crippen molar-refractivity contribution in [3.05, 3.63) is 173 Å². The zero-order valence-corrected chi connectivity index (χ0v) is 25.9. The minimum absolute atomic E-state index is 0.0656. The zero-order chi connectivity index (χ0) is 31.3. The highest BCUT2D eigenvalue weighted by atomic mass is 15.0. The first-order valence-corrected chi connectivity index (χ1v) is 15.7. The number of fused-ring (bicyclic) bond motifs is 6. The van der Waals surface area contributed by atoms with E-state index in [2.05, 4.69) is 103 Å². The number of hydrogen-bond acceptors (Lipinski definition) is 2. The lowest BCUT2D eigenvalue weighted by Crippen LogP contribution is -2.15. The van der Waals surface area contributed by atoms with E-state index in [9.17, 15) is 0 Å². The summed E-state index contributed by atoms with van der Waals surface area (Å²) < 4.78 is 2.38. The highest BCUT2D eigenvalue weighted by Gasteiger charge is 2.36. The molecule has 1 aliphatic rings. The summed E-state index contributed by atoms with van der Waals surface area (Å²) in [5.41, 5.74) is 18.1. The predicted molar refractivity (Wildman–Crippen MR) is 192 cm³/mol. The summed E-state index contributed by atoms with van der Waals surface area (Å²) in [7, 11) is 0. The third kappa shape index (κ3) is 4.62. The summed E-state index contributed by atoms with van der Waals surface area (Å²) in [4.78, 5) is 9.92. The molecule has 0 spiro atoms. The third-order valence-corrected chi connectivity index (χ3v) is 9.30. The van der Waals surface area contributed by atoms with Crippen molar-refractivity contribution in [3.63, 3.8) is 0 Å². The lowest BCUT2D eigenvalue weighted by Gasteiger charge is -2.21. The molecular weight excluding hydrogens is 560 g/mol. The van der Waals surface area contributed by atoms with Gasteiger partial charge < -0.3 is 10.3 Å². The second-order valence-corrected chi connectivity index (χ2v) is 12.5.